The summed E-state index contributed by atoms with van der Waals surface area (Å²) in [7, 11) is 0. The van der Waals surface area contributed by atoms with Crippen LogP contribution in [0.1, 0.15) is 34.6 Å². The molecule has 0 aliphatic carbocycles. The van der Waals surface area contributed by atoms with Gasteiger partial charge in [0, 0.05) is 17.7 Å². The van der Waals surface area contributed by atoms with Crippen molar-refractivity contribution in [3.8, 4) is 0 Å². The van der Waals surface area contributed by atoms with E-state index in [9.17, 15) is 4.79 Å². The van der Waals surface area contributed by atoms with Crippen LogP contribution in [0.15, 0.2) is 12.2 Å². The van der Waals surface area contributed by atoms with Gasteiger partial charge in [0.15, 0.2) is 0 Å². The van der Waals surface area contributed by atoms with Crippen molar-refractivity contribution < 1.29 is 4.79 Å². The third-order valence-electron chi connectivity index (χ3n) is 2.27. The highest BCUT2D eigenvalue weighted by atomic mass is 16.1. The predicted octanol–water partition coefficient (Wildman–Crippen LogP) is 1.44. The molecule has 82 valence electrons. The Labute approximate surface area is 86.8 Å². The summed E-state index contributed by atoms with van der Waals surface area (Å²) in [5.74, 6) is 0.225. The highest BCUT2D eigenvalue weighted by molar-refractivity contribution is 5.87. The molecule has 0 aliphatic rings. The lowest BCUT2D eigenvalue weighted by Crippen LogP contribution is -2.40. The van der Waals surface area contributed by atoms with Crippen molar-refractivity contribution in [1.82, 2.24) is 5.32 Å². The number of rotatable bonds is 4. The van der Waals surface area contributed by atoms with Crippen LogP contribution in [0.4, 0.5) is 0 Å². The molecule has 1 atom stereocenters. The average Bonchev–Trinajstić information content (AvgIpc) is 1.99. The standard InChI is InChI=1S/C11H22N2O/c1-8(2)11(5,12)7-6-10(14)13-9(3)4/h6-9H,12H2,1-5H3,(H,13,14)/b7-6+. The summed E-state index contributed by atoms with van der Waals surface area (Å²) in [6, 6.07) is 0.162. The van der Waals surface area contributed by atoms with E-state index in [-0.39, 0.29) is 11.9 Å². The molecule has 0 spiro atoms. The molecule has 0 saturated heterocycles. The number of amides is 1. The van der Waals surface area contributed by atoms with Crippen molar-refractivity contribution in [2.45, 2.75) is 46.2 Å². The molecule has 0 aliphatic heterocycles. The fourth-order valence-corrected chi connectivity index (χ4v) is 0.780. The normalized spacial score (nSPS) is 16.3. The first-order valence-corrected chi connectivity index (χ1v) is 5.04. The van der Waals surface area contributed by atoms with Crippen molar-refractivity contribution in [3.63, 3.8) is 0 Å². The predicted molar refractivity (Wildman–Crippen MR) is 59.8 cm³/mol. The Balaban J connectivity index is 4.23. The van der Waals surface area contributed by atoms with Gasteiger partial charge in [0.05, 0.1) is 0 Å². The molecule has 0 rings (SSSR count). The van der Waals surface area contributed by atoms with E-state index < -0.39 is 5.54 Å². The number of nitrogens with one attached hydrogen (secondary N) is 1. The molecule has 0 radical (unpaired) electrons. The Morgan fingerprint density at radius 1 is 1.36 bits per heavy atom. The van der Waals surface area contributed by atoms with Crippen molar-refractivity contribution >= 4 is 5.91 Å². The number of carbonyl (C=O) groups is 1. The van der Waals surface area contributed by atoms with E-state index in [1.807, 2.05) is 34.6 Å². The molecule has 3 heteroatoms. The number of carbonyl (C=O) groups excluding carboxylic acids is 1. The number of nitrogens with two attached hydrogens (primary N) is 1. The number of hydrogen-bond donors (Lipinski definition) is 2. The fraction of sp³-hybridized carbons (Fsp3) is 0.727. The maximum absolute atomic E-state index is 11.3. The van der Waals surface area contributed by atoms with Crippen LogP contribution in [0.3, 0.4) is 0 Å². The van der Waals surface area contributed by atoms with Gasteiger partial charge in [0.1, 0.15) is 0 Å². The van der Waals surface area contributed by atoms with Crippen LogP contribution in [0.5, 0.6) is 0 Å². The minimum atomic E-state index is -0.422. The molecule has 1 amide bonds. The largest absolute Gasteiger partial charge is 0.350 e. The molecule has 0 aromatic rings. The van der Waals surface area contributed by atoms with Gasteiger partial charge >= 0.3 is 0 Å². The maximum Gasteiger partial charge on any atom is 0.243 e. The van der Waals surface area contributed by atoms with E-state index in [0.29, 0.717) is 5.92 Å². The first kappa shape index (κ1) is 13.2. The monoisotopic (exact) mass is 198 g/mol. The summed E-state index contributed by atoms with van der Waals surface area (Å²) in [5.41, 5.74) is 5.55. The molecule has 3 N–H and O–H groups in total. The highest BCUT2D eigenvalue weighted by Gasteiger charge is 2.19. The van der Waals surface area contributed by atoms with E-state index in [2.05, 4.69) is 5.32 Å². The molecule has 1 unspecified atom stereocenters. The SMILES string of the molecule is CC(C)NC(=O)/C=C/C(C)(N)C(C)C. The second-order valence-electron chi connectivity index (χ2n) is 4.52. The lowest BCUT2D eigenvalue weighted by Gasteiger charge is -2.24. The van der Waals surface area contributed by atoms with Crippen molar-refractivity contribution in [2.24, 2.45) is 11.7 Å². The summed E-state index contributed by atoms with van der Waals surface area (Å²) in [4.78, 5) is 11.3. The van der Waals surface area contributed by atoms with E-state index in [4.69, 9.17) is 5.73 Å². The van der Waals surface area contributed by atoms with Crippen LogP contribution in [0.2, 0.25) is 0 Å². The van der Waals surface area contributed by atoms with Crippen LogP contribution in [0.25, 0.3) is 0 Å². The third-order valence-corrected chi connectivity index (χ3v) is 2.27. The Hall–Kier alpha value is -0.830. The van der Waals surface area contributed by atoms with Gasteiger partial charge in [-0.15, -0.1) is 0 Å². The lowest BCUT2D eigenvalue weighted by molar-refractivity contribution is -0.117. The Morgan fingerprint density at radius 2 is 1.86 bits per heavy atom. The zero-order valence-corrected chi connectivity index (χ0v) is 9.79. The minimum absolute atomic E-state index is 0.0858. The van der Waals surface area contributed by atoms with Gasteiger partial charge < -0.3 is 11.1 Å². The minimum Gasteiger partial charge on any atom is -0.350 e. The molecule has 3 nitrogen and oxygen atoms in total. The topological polar surface area (TPSA) is 55.1 Å². The van der Waals surface area contributed by atoms with Gasteiger partial charge in [0.25, 0.3) is 0 Å². The van der Waals surface area contributed by atoms with Gasteiger partial charge in [-0.25, -0.2) is 0 Å². The first-order chi connectivity index (χ1) is 6.25. The van der Waals surface area contributed by atoms with Crippen LogP contribution in [-0.2, 0) is 4.79 Å². The summed E-state index contributed by atoms with van der Waals surface area (Å²) < 4.78 is 0. The summed E-state index contributed by atoms with van der Waals surface area (Å²) >= 11 is 0. The van der Waals surface area contributed by atoms with E-state index >= 15 is 0 Å². The fourth-order valence-electron chi connectivity index (χ4n) is 0.780. The lowest BCUT2D eigenvalue weighted by atomic mass is 9.89. The zero-order valence-electron chi connectivity index (χ0n) is 9.79. The van der Waals surface area contributed by atoms with E-state index in [0.717, 1.165) is 0 Å². The van der Waals surface area contributed by atoms with Crippen molar-refractivity contribution in [1.29, 1.82) is 0 Å². The molecule has 0 aromatic carbocycles. The average molecular weight is 198 g/mol. The molecule has 0 heterocycles. The van der Waals surface area contributed by atoms with Crippen molar-refractivity contribution in [2.75, 3.05) is 0 Å². The van der Waals surface area contributed by atoms with Crippen LogP contribution < -0.4 is 11.1 Å². The van der Waals surface area contributed by atoms with E-state index in [1.54, 1.807) is 6.08 Å². The van der Waals surface area contributed by atoms with Crippen LogP contribution in [-0.4, -0.2) is 17.5 Å². The Morgan fingerprint density at radius 3 is 2.21 bits per heavy atom. The van der Waals surface area contributed by atoms with E-state index in [1.165, 1.54) is 6.08 Å². The van der Waals surface area contributed by atoms with Gasteiger partial charge in [-0.05, 0) is 26.7 Å². The summed E-state index contributed by atoms with van der Waals surface area (Å²) in [6.07, 6.45) is 3.27. The highest BCUT2D eigenvalue weighted by Crippen LogP contribution is 2.13. The smallest absolute Gasteiger partial charge is 0.243 e. The van der Waals surface area contributed by atoms with Gasteiger partial charge in [0.2, 0.25) is 5.91 Å². The first-order valence-electron chi connectivity index (χ1n) is 5.04. The third kappa shape index (κ3) is 5.02. The second kappa shape index (κ2) is 5.15. The molecule has 0 bridgehead atoms. The van der Waals surface area contributed by atoms with Gasteiger partial charge in [-0.2, -0.15) is 0 Å². The molecule has 14 heavy (non-hydrogen) atoms. The van der Waals surface area contributed by atoms with Crippen LogP contribution >= 0.6 is 0 Å². The molecule has 0 fully saturated rings. The summed E-state index contributed by atoms with van der Waals surface area (Å²) in [5, 5.41) is 2.77. The Kier molecular flexibility index (Phi) is 4.85. The maximum atomic E-state index is 11.3. The molecular weight excluding hydrogens is 176 g/mol. The number of hydrogen-bond acceptors (Lipinski definition) is 2. The molecule has 0 aromatic heterocycles. The van der Waals surface area contributed by atoms with Gasteiger partial charge in [-0.1, -0.05) is 19.9 Å². The quantitative estimate of drug-likeness (QED) is 0.672. The van der Waals surface area contributed by atoms with Crippen LogP contribution in [0, 0.1) is 5.92 Å². The zero-order chi connectivity index (χ0) is 11.4. The van der Waals surface area contributed by atoms with Crippen molar-refractivity contribution in [3.05, 3.63) is 12.2 Å². The van der Waals surface area contributed by atoms with Gasteiger partial charge in [-0.3, -0.25) is 4.79 Å². The molecular formula is C11H22N2O. The second-order valence-corrected chi connectivity index (χ2v) is 4.52. The summed E-state index contributed by atoms with van der Waals surface area (Å²) in [6.45, 7) is 9.83. The Bertz CT molecular complexity index is 217. The molecule has 0 saturated carbocycles.